The third-order valence-corrected chi connectivity index (χ3v) is 4.93. The van der Waals surface area contributed by atoms with Gasteiger partial charge in [0.25, 0.3) is 0 Å². The van der Waals surface area contributed by atoms with Crippen LogP contribution < -0.4 is 10.6 Å². The standard InChI is InChI=1S/C21H17N3OS/c1-14-22-19-13-18(10-11-20(19)26-14)24-21(25)23-17-9-5-8-16(12-17)15-6-3-2-4-7-15/h2-13H,1H3,(H2,23,24,25). The van der Waals surface area contributed by atoms with Crippen LogP contribution in [0.4, 0.5) is 16.2 Å². The van der Waals surface area contributed by atoms with Gasteiger partial charge in [-0.2, -0.15) is 0 Å². The zero-order valence-corrected chi connectivity index (χ0v) is 15.0. The number of hydrogen-bond donors (Lipinski definition) is 2. The van der Waals surface area contributed by atoms with Crippen LogP contribution in [0, 0.1) is 6.92 Å². The van der Waals surface area contributed by atoms with Crippen LogP contribution in [0.15, 0.2) is 72.8 Å². The summed E-state index contributed by atoms with van der Waals surface area (Å²) < 4.78 is 1.11. The predicted molar refractivity (Wildman–Crippen MR) is 109 cm³/mol. The van der Waals surface area contributed by atoms with Gasteiger partial charge in [-0.25, -0.2) is 9.78 Å². The van der Waals surface area contributed by atoms with Gasteiger partial charge in [-0.3, -0.25) is 0 Å². The number of aromatic nitrogens is 1. The van der Waals surface area contributed by atoms with Crippen molar-refractivity contribution < 1.29 is 4.79 Å². The Morgan fingerprint density at radius 1 is 0.846 bits per heavy atom. The number of fused-ring (bicyclic) bond motifs is 1. The minimum absolute atomic E-state index is 0.276. The summed E-state index contributed by atoms with van der Waals surface area (Å²) in [7, 11) is 0. The molecule has 1 heterocycles. The number of nitrogens with one attached hydrogen (secondary N) is 2. The highest BCUT2D eigenvalue weighted by atomic mass is 32.1. The Hall–Kier alpha value is -3.18. The molecule has 0 unspecified atom stereocenters. The van der Waals surface area contributed by atoms with Crippen molar-refractivity contribution in [3.63, 3.8) is 0 Å². The Labute approximate surface area is 155 Å². The van der Waals surface area contributed by atoms with E-state index in [1.165, 1.54) is 0 Å². The first-order valence-electron chi connectivity index (χ1n) is 8.28. The van der Waals surface area contributed by atoms with Gasteiger partial charge in [-0.15, -0.1) is 11.3 Å². The van der Waals surface area contributed by atoms with E-state index in [0.717, 1.165) is 37.7 Å². The van der Waals surface area contributed by atoms with Gasteiger partial charge in [0.05, 0.1) is 15.2 Å². The summed E-state index contributed by atoms with van der Waals surface area (Å²) in [6.07, 6.45) is 0. The van der Waals surface area contributed by atoms with Crippen molar-refractivity contribution in [1.82, 2.24) is 4.98 Å². The predicted octanol–water partition coefficient (Wildman–Crippen LogP) is 5.92. The summed E-state index contributed by atoms with van der Waals surface area (Å²) in [6, 6.07) is 23.3. The van der Waals surface area contributed by atoms with Gasteiger partial charge < -0.3 is 10.6 Å². The summed E-state index contributed by atoms with van der Waals surface area (Å²) in [5, 5.41) is 6.76. The summed E-state index contributed by atoms with van der Waals surface area (Å²) >= 11 is 1.64. The quantitative estimate of drug-likeness (QED) is 0.477. The highest BCUT2D eigenvalue weighted by Crippen LogP contribution is 2.25. The van der Waals surface area contributed by atoms with E-state index in [1.807, 2.05) is 79.7 Å². The summed E-state index contributed by atoms with van der Waals surface area (Å²) in [5.74, 6) is 0. The van der Waals surface area contributed by atoms with Crippen molar-refractivity contribution in [3.05, 3.63) is 77.8 Å². The van der Waals surface area contributed by atoms with Crippen LogP contribution in [0.3, 0.4) is 0 Å². The molecule has 1 aromatic heterocycles. The van der Waals surface area contributed by atoms with Crippen molar-refractivity contribution in [2.24, 2.45) is 0 Å². The third-order valence-electron chi connectivity index (χ3n) is 3.98. The monoisotopic (exact) mass is 359 g/mol. The molecule has 4 aromatic rings. The van der Waals surface area contributed by atoms with Gasteiger partial charge in [-0.1, -0.05) is 42.5 Å². The van der Waals surface area contributed by atoms with E-state index in [1.54, 1.807) is 11.3 Å². The first-order chi connectivity index (χ1) is 12.7. The molecule has 0 bridgehead atoms. The van der Waals surface area contributed by atoms with E-state index in [4.69, 9.17) is 0 Å². The summed E-state index contributed by atoms with van der Waals surface area (Å²) in [6.45, 7) is 1.98. The van der Waals surface area contributed by atoms with E-state index >= 15 is 0 Å². The van der Waals surface area contributed by atoms with Gasteiger partial charge >= 0.3 is 6.03 Å². The van der Waals surface area contributed by atoms with E-state index < -0.39 is 0 Å². The van der Waals surface area contributed by atoms with Crippen LogP contribution in [-0.4, -0.2) is 11.0 Å². The Morgan fingerprint density at radius 2 is 1.58 bits per heavy atom. The molecule has 2 amide bonds. The number of thiazole rings is 1. The molecule has 0 aliphatic heterocycles. The number of benzene rings is 3. The van der Waals surface area contributed by atoms with Crippen molar-refractivity contribution in [1.29, 1.82) is 0 Å². The van der Waals surface area contributed by atoms with Gasteiger partial charge in [0.2, 0.25) is 0 Å². The fourth-order valence-corrected chi connectivity index (χ4v) is 3.63. The number of urea groups is 1. The minimum Gasteiger partial charge on any atom is -0.308 e. The lowest BCUT2D eigenvalue weighted by molar-refractivity contribution is 0.262. The Bertz CT molecular complexity index is 1070. The zero-order valence-electron chi connectivity index (χ0n) is 14.2. The number of nitrogens with zero attached hydrogens (tertiary/aromatic N) is 1. The van der Waals surface area contributed by atoms with E-state index in [9.17, 15) is 4.79 Å². The second-order valence-corrected chi connectivity index (χ2v) is 7.18. The fraction of sp³-hybridized carbons (Fsp3) is 0.0476. The maximum atomic E-state index is 12.3. The molecule has 0 aliphatic carbocycles. The van der Waals surface area contributed by atoms with Crippen LogP contribution in [0.1, 0.15) is 5.01 Å². The smallest absolute Gasteiger partial charge is 0.308 e. The van der Waals surface area contributed by atoms with Crippen molar-refractivity contribution >= 4 is 39.0 Å². The van der Waals surface area contributed by atoms with Crippen molar-refractivity contribution in [2.45, 2.75) is 6.92 Å². The van der Waals surface area contributed by atoms with Crippen LogP contribution in [0.2, 0.25) is 0 Å². The number of anilines is 2. The molecule has 5 heteroatoms. The summed E-state index contributed by atoms with van der Waals surface area (Å²) in [5.41, 5.74) is 4.54. The maximum Gasteiger partial charge on any atom is 0.323 e. The van der Waals surface area contributed by atoms with Crippen LogP contribution in [0.5, 0.6) is 0 Å². The van der Waals surface area contributed by atoms with Gasteiger partial charge in [0.15, 0.2) is 0 Å². The van der Waals surface area contributed by atoms with E-state index in [2.05, 4.69) is 15.6 Å². The average Bonchev–Trinajstić information content (AvgIpc) is 3.02. The molecular formula is C21H17N3OS. The molecule has 26 heavy (non-hydrogen) atoms. The number of amides is 2. The number of rotatable bonds is 3. The molecule has 2 N–H and O–H groups in total. The highest BCUT2D eigenvalue weighted by molar-refractivity contribution is 7.18. The van der Waals surface area contributed by atoms with E-state index in [0.29, 0.717) is 0 Å². The molecule has 0 saturated carbocycles. The molecule has 0 atom stereocenters. The third kappa shape index (κ3) is 3.58. The van der Waals surface area contributed by atoms with Crippen LogP contribution in [-0.2, 0) is 0 Å². The van der Waals surface area contributed by atoms with Crippen LogP contribution in [0.25, 0.3) is 21.3 Å². The first kappa shape index (κ1) is 16.3. The summed E-state index contributed by atoms with van der Waals surface area (Å²) in [4.78, 5) is 16.8. The average molecular weight is 359 g/mol. The largest absolute Gasteiger partial charge is 0.323 e. The molecule has 0 radical (unpaired) electrons. The Morgan fingerprint density at radius 3 is 2.38 bits per heavy atom. The SMILES string of the molecule is Cc1nc2cc(NC(=O)Nc3cccc(-c4ccccc4)c3)ccc2s1. The van der Waals surface area contributed by atoms with Gasteiger partial charge in [0, 0.05) is 11.4 Å². The maximum absolute atomic E-state index is 12.3. The molecule has 128 valence electrons. The number of carbonyl (C=O) groups excluding carboxylic acids is 1. The lowest BCUT2D eigenvalue weighted by atomic mass is 10.1. The lowest BCUT2D eigenvalue weighted by Crippen LogP contribution is -2.19. The van der Waals surface area contributed by atoms with Gasteiger partial charge in [0.1, 0.15) is 0 Å². The number of aryl methyl sites for hydroxylation is 1. The molecule has 0 spiro atoms. The molecule has 0 fully saturated rings. The van der Waals surface area contributed by atoms with Crippen LogP contribution >= 0.6 is 11.3 Å². The molecular weight excluding hydrogens is 342 g/mol. The Balaban J connectivity index is 1.49. The second kappa shape index (κ2) is 6.98. The topological polar surface area (TPSA) is 54.0 Å². The number of hydrogen-bond acceptors (Lipinski definition) is 3. The molecule has 4 nitrogen and oxygen atoms in total. The second-order valence-electron chi connectivity index (χ2n) is 5.94. The van der Waals surface area contributed by atoms with Crippen molar-refractivity contribution in [2.75, 3.05) is 10.6 Å². The highest BCUT2D eigenvalue weighted by Gasteiger charge is 2.06. The Kier molecular flexibility index (Phi) is 4.37. The zero-order chi connectivity index (χ0) is 17.9. The first-order valence-corrected chi connectivity index (χ1v) is 9.10. The molecule has 0 aliphatic rings. The molecule has 3 aromatic carbocycles. The van der Waals surface area contributed by atoms with Gasteiger partial charge in [-0.05, 0) is 48.4 Å². The molecule has 4 rings (SSSR count). The lowest BCUT2D eigenvalue weighted by Gasteiger charge is -2.09. The normalized spacial score (nSPS) is 10.7. The van der Waals surface area contributed by atoms with Crippen molar-refractivity contribution in [3.8, 4) is 11.1 Å². The van der Waals surface area contributed by atoms with E-state index in [-0.39, 0.29) is 6.03 Å². The fourth-order valence-electron chi connectivity index (χ4n) is 2.82. The molecule has 0 saturated heterocycles. The number of carbonyl (C=O) groups is 1. The minimum atomic E-state index is -0.276.